The van der Waals surface area contributed by atoms with Gasteiger partial charge in [-0.2, -0.15) is 0 Å². The second kappa shape index (κ2) is 5.78. The van der Waals surface area contributed by atoms with Crippen LogP contribution in [0.25, 0.3) is 11.1 Å². The summed E-state index contributed by atoms with van der Waals surface area (Å²) in [6.45, 7) is 4.84. The fourth-order valence-corrected chi connectivity index (χ4v) is 2.79. The fraction of sp³-hybridized carbons (Fsp3) is 0.0556. The first-order valence-electron chi connectivity index (χ1n) is 6.75. The Morgan fingerprint density at radius 3 is 2.52 bits per heavy atom. The second-order valence-electron chi connectivity index (χ2n) is 5.06. The Morgan fingerprint density at radius 2 is 1.76 bits per heavy atom. The number of benzene rings is 2. The van der Waals surface area contributed by atoms with Crippen molar-refractivity contribution in [2.75, 3.05) is 5.73 Å². The van der Waals surface area contributed by atoms with Crippen LogP contribution in [-0.2, 0) is 6.54 Å². The SMILES string of the molecule is [CH2]c1cc(-c2ccccc2)cn1Cc1cc(Br)ccc1N. The highest BCUT2D eigenvalue weighted by Gasteiger charge is 2.07. The third kappa shape index (κ3) is 3.03. The molecule has 0 aliphatic carbocycles. The van der Waals surface area contributed by atoms with E-state index in [1.807, 2.05) is 30.3 Å². The molecular formula is C18H16BrN2. The van der Waals surface area contributed by atoms with Crippen LogP contribution in [0.15, 0.2) is 65.3 Å². The molecule has 0 bridgehead atoms. The first-order chi connectivity index (χ1) is 10.1. The van der Waals surface area contributed by atoms with Gasteiger partial charge in [0.15, 0.2) is 0 Å². The van der Waals surface area contributed by atoms with E-state index in [0.717, 1.165) is 28.0 Å². The van der Waals surface area contributed by atoms with Crippen LogP contribution in [-0.4, -0.2) is 4.57 Å². The Balaban J connectivity index is 1.93. The van der Waals surface area contributed by atoms with E-state index in [4.69, 9.17) is 5.73 Å². The van der Waals surface area contributed by atoms with Crippen LogP contribution in [0.4, 0.5) is 5.69 Å². The van der Waals surface area contributed by atoms with Gasteiger partial charge in [0.2, 0.25) is 0 Å². The van der Waals surface area contributed by atoms with Crippen molar-refractivity contribution >= 4 is 21.6 Å². The molecule has 3 aromatic rings. The third-order valence-electron chi connectivity index (χ3n) is 3.54. The Morgan fingerprint density at radius 1 is 1.00 bits per heavy atom. The molecule has 0 aliphatic heterocycles. The molecule has 0 spiro atoms. The van der Waals surface area contributed by atoms with E-state index in [1.54, 1.807) is 0 Å². The number of rotatable bonds is 3. The minimum atomic E-state index is 0.719. The zero-order chi connectivity index (χ0) is 14.8. The maximum absolute atomic E-state index is 6.05. The highest BCUT2D eigenvalue weighted by atomic mass is 79.9. The maximum atomic E-state index is 6.05. The van der Waals surface area contributed by atoms with Gasteiger partial charge in [-0.3, -0.25) is 0 Å². The normalized spacial score (nSPS) is 10.8. The van der Waals surface area contributed by atoms with E-state index in [-0.39, 0.29) is 0 Å². The first kappa shape index (κ1) is 14.0. The molecule has 0 unspecified atom stereocenters. The number of hydrogen-bond donors (Lipinski definition) is 1. The monoisotopic (exact) mass is 339 g/mol. The van der Waals surface area contributed by atoms with Gasteiger partial charge < -0.3 is 10.3 Å². The van der Waals surface area contributed by atoms with Crippen LogP contribution in [0.1, 0.15) is 11.3 Å². The summed E-state index contributed by atoms with van der Waals surface area (Å²) in [5.41, 5.74) is 11.3. The third-order valence-corrected chi connectivity index (χ3v) is 4.03. The van der Waals surface area contributed by atoms with Crippen LogP contribution in [0, 0.1) is 6.92 Å². The lowest BCUT2D eigenvalue weighted by Gasteiger charge is -2.09. The van der Waals surface area contributed by atoms with Crippen LogP contribution in [0.2, 0.25) is 0 Å². The lowest BCUT2D eigenvalue weighted by Crippen LogP contribution is -2.03. The Kier molecular flexibility index (Phi) is 3.84. The summed E-state index contributed by atoms with van der Waals surface area (Å²) in [6, 6.07) is 18.3. The second-order valence-corrected chi connectivity index (χ2v) is 5.97. The number of nitrogens with zero attached hydrogens (tertiary/aromatic N) is 1. The lowest BCUT2D eigenvalue weighted by atomic mass is 10.1. The molecule has 1 radical (unpaired) electrons. The topological polar surface area (TPSA) is 30.9 Å². The van der Waals surface area contributed by atoms with Crippen molar-refractivity contribution in [2.24, 2.45) is 0 Å². The van der Waals surface area contributed by atoms with E-state index in [9.17, 15) is 0 Å². The molecule has 3 heteroatoms. The van der Waals surface area contributed by atoms with Gasteiger partial charge in [0.05, 0.1) is 0 Å². The molecular weight excluding hydrogens is 324 g/mol. The van der Waals surface area contributed by atoms with E-state index < -0.39 is 0 Å². The molecule has 0 fully saturated rings. The Hall–Kier alpha value is -2.00. The summed E-state index contributed by atoms with van der Waals surface area (Å²) in [7, 11) is 0. The summed E-state index contributed by atoms with van der Waals surface area (Å²) in [5.74, 6) is 0. The lowest BCUT2D eigenvalue weighted by molar-refractivity contribution is 0.792. The molecule has 1 aromatic heterocycles. The van der Waals surface area contributed by atoms with Crippen molar-refractivity contribution in [3.05, 3.63) is 83.4 Å². The van der Waals surface area contributed by atoms with Gasteiger partial charge >= 0.3 is 0 Å². The largest absolute Gasteiger partial charge is 0.398 e. The molecule has 2 aromatic carbocycles. The van der Waals surface area contributed by atoms with Crippen molar-refractivity contribution < 1.29 is 0 Å². The number of nitrogens with two attached hydrogens (primary N) is 1. The van der Waals surface area contributed by atoms with E-state index >= 15 is 0 Å². The van der Waals surface area contributed by atoms with E-state index in [2.05, 4.69) is 57.9 Å². The molecule has 2 nitrogen and oxygen atoms in total. The van der Waals surface area contributed by atoms with Gasteiger partial charge in [0, 0.05) is 28.6 Å². The molecule has 1 heterocycles. The Labute approximate surface area is 133 Å². The number of anilines is 1. The number of aromatic nitrogens is 1. The standard InChI is InChI=1S/C18H16BrN2/c1-13-9-15(14-5-3-2-4-6-14)11-21(13)12-16-10-17(19)7-8-18(16)20/h2-11H,1,12,20H2. The van der Waals surface area contributed by atoms with Gasteiger partial charge in [0.1, 0.15) is 0 Å². The van der Waals surface area contributed by atoms with Crippen molar-refractivity contribution in [2.45, 2.75) is 6.54 Å². The fourth-order valence-electron chi connectivity index (χ4n) is 2.38. The van der Waals surface area contributed by atoms with Crippen molar-refractivity contribution in [1.82, 2.24) is 4.57 Å². The number of halogens is 1. The number of hydrogen-bond acceptors (Lipinski definition) is 1. The summed E-state index contributed by atoms with van der Waals surface area (Å²) in [4.78, 5) is 0. The Bertz CT molecular complexity index is 760. The molecule has 0 saturated heterocycles. The number of nitrogen functional groups attached to an aromatic ring is 1. The zero-order valence-electron chi connectivity index (χ0n) is 11.6. The highest BCUT2D eigenvalue weighted by Crippen LogP contribution is 2.24. The summed E-state index contributed by atoms with van der Waals surface area (Å²) in [6.07, 6.45) is 2.12. The molecule has 0 atom stereocenters. The van der Waals surface area contributed by atoms with Gasteiger partial charge in [-0.15, -0.1) is 0 Å². The van der Waals surface area contributed by atoms with Gasteiger partial charge in [-0.1, -0.05) is 46.3 Å². The predicted molar refractivity (Wildman–Crippen MR) is 92.0 cm³/mol. The van der Waals surface area contributed by atoms with Crippen LogP contribution >= 0.6 is 15.9 Å². The summed E-state index contributed by atoms with van der Waals surface area (Å²) in [5, 5.41) is 0. The molecule has 21 heavy (non-hydrogen) atoms. The first-order valence-corrected chi connectivity index (χ1v) is 7.54. The van der Waals surface area contributed by atoms with Crippen LogP contribution in [0.3, 0.4) is 0 Å². The minimum absolute atomic E-state index is 0.719. The van der Waals surface area contributed by atoms with Gasteiger partial charge in [-0.25, -0.2) is 0 Å². The van der Waals surface area contributed by atoms with Crippen molar-refractivity contribution in [3.8, 4) is 11.1 Å². The molecule has 105 valence electrons. The molecule has 3 rings (SSSR count). The zero-order valence-corrected chi connectivity index (χ0v) is 13.2. The minimum Gasteiger partial charge on any atom is -0.398 e. The van der Waals surface area contributed by atoms with Crippen LogP contribution in [0.5, 0.6) is 0 Å². The van der Waals surface area contributed by atoms with Crippen molar-refractivity contribution in [3.63, 3.8) is 0 Å². The smallest absolute Gasteiger partial charge is 0.0493 e. The molecule has 2 N–H and O–H groups in total. The van der Waals surface area contributed by atoms with Gasteiger partial charge in [0.25, 0.3) is 0 Å². The summed E-state index contributed by atoms with van der Waals surface area (Å²) < 4.78 is 3.16. The molecule has 0 amide bonds. The molecule has 0 aliphatic rings. The quantitative estimate of drug-likeness (QED) is 0.687. The molecule has 0 saturated carbocycles. The van der Waals surface area contributed by atoms with E-state index in [0.29, 0.717) is 0 Å². The van der Waals surface area contributed by atoms with Gasteiger partial charge in [-0.05, 0) is 47.9 Å². The predicted octanol–water partition coefficient (Wildman–Crippen LogP) is 4.73. The van der Waals surface area contributed by atoms with E-state index in [1.165, 1.54) is 11.1 Å². The van der Waals surface area contributed by atoms with Crippen molar-refractivity contribution in [1.29, 1.82) is 0 Å². The highest BCUT2D eigenvalue weighted by molar-refractivity contribution is 9.10. The maximum Gasteiger partial charge on any atom is 0.0493 e. The summed E-state index contributed by atoms with van der Waals surface area (Å²) >= 11 is 3.49. The average Bonchev–Trinajstić information content (AvgIpc) is 2.85. The average molecular weight is 340 g/mol. The van der Waals surface area contributed by atoms with Crippen LogP contribution < -0.4 is 5.73 Å².